The highest BCUT2D eigenvalue weighted by Gasteiger charge is 2.37. The normalized spacial score (nSPS) is 11.6. The van der Waals surface area contributed by atoms with Crippen molar-refractivity contribution in [2.24, 2.45) is 0 Å². The number of nitriles is 1. The van der Waals surface area contributed by atoms with Gasteiger partial charge in [0.25, 0.3) is 6.43 Å². The summed E-state index contributed by atoms with van der Waals surface area (Å²) in [5, 5.41) is 8.28. The summed E-state index contributed by atoms with van der Waals surface area (Å²) in [4.78, 5) is 2.56. The highest BCUT2D eigenvalue weighted by molar-refractivity contribution is 5.28. The number of halogens is 6. The van der Waals surface area contributed by atoms with E-state index in [1.165, 1.54) is 6.07 Å². The van der Waals surface area contributed by atoms with Gasteiger partial charge in [0.1, 0.15) is 5.69 Å². The maximum atomic E-state index is 13.0. The quantitative estimate of drug-likeness (QED) is 0.759. The minimum atomic E-state index is -5.15. The first-order valence-electron chi connectivity index (χ1n) is 4.19. The van der Waals surface area contributed by atoms with Crippen molar-refractivity contribution in [3.05, 3.63) is 28.8 Å². The molecule has 0 saturated heterocycles. The largest absolute Gasteiger partial charge is 0.436 e. The van der Waals surface area contributed by atoms with Crippen LogP contribution < -0.4 is 0 Å². The van der Waals surface area contributed by atoms with Crippen LogP contribution in [0.4, 0.5) is 26.3 Å². The van der Waals surface area contributed by atoms with Gasteiger partial charge in [0.15, 0.2) is 11.5 Å². The van der Waals surface area contributed by atoms with Crippen molar-refractivity contribution >= 4 is 0 Å². The van der Waals surface area contributed by atoms with Crippen molar-refractivity contribution in [3.63, 3.8) is 0 Å². The summed E-state index contributed by atoms with van der Waals surface area (Å²) in [5.74, 6) is -1.77. The summed E-state index contributed by atoms with van der Waals surface area (Å²) in [6.07, 6.45) is -9.10. The number of hydrogen-bond acceptors (Lipinski definition) is 2. The molecule has 1 rings (SSSR count). The van der Waals surface area contributed by atoms with E-state index >= 15 is 0 Å². The Labute approximate surface area is 91.5 Å². The fourth-order valence-corrected chi connectivity index (χ4v) is 1.16. The Kier molecular flexibility index (Phi) is 3.60. The molecule has 0 spiro atoms. The molecule has 0 fully saturated rings. The summed E-state index contributed by atoms with van der Waals surface area (Å²) >= 11 is 0. The van der Waals surface area contributed by atoms with Crippen LogP contribution in [0.1, 0.15) is 23.4 Å². The van der Waals surface area contributed by atoms with E-state index in [0.717, 1.165) is 0 Å². The van der Waals surface area contributed by atoms with Crippen molar-refractivity contribution in [3.8, 4) is 6.07 Å². The van der Waals surface area contributed by atoms with Gasteiger partial charge in [-0.3, -0.25) is 0 Å². The van der Waals surface area contributed by atoms with Gasteiger partial charge in [-0.25, -0.2) is 18.2 Å². The molecule has 0 aliphatic heterocycles. The number of hydrogen-bond donors (Lipinski definition) is 0. The van der Waals surface area contributed by atoms with E-state index in [1.54, 1.807) is 0 Å². The molecule has 0 atom stereocenters. The zero-order valence-electron chi connectivity index (χ0n) is 8.02. The number of pyridine rings is 1. The first-order valence-corrected chi connectivity index (χ1v) is 4.19. The van der Waals surface area contributed by atoms with E-state index in [-0.39, 0.29) is 6.07 Å². The average molecular weight is 254 g/mol. The molecule has 0 unspecified atom stereocenters. The highest BCUT2D eigenvalue weighted by atomic mass is 19.4. The molecule has 0 N–H and O–H groups in total. The van der Waals surface area contributed by atoms with Gasteiger partial charge in [0.2, 0.25) is 0 Å². The van der Waals surface area contributed by atoms with Gasteiger partial charge < -0.3 is 0 Å². The first-order chi connectivity index (χ1) is 7.77. The second kappa shape index (κ2) is 4.61. The highest BCUT2D eigenvalue weighted by Crippen LogP contribution is 2.33. The Hall–Kier alpha value is -1.78. The third-order valence-corrected chi connectivity index (χ3v) is 1.83. The van der Waals surface area contributed by atoms with Crippen LogP contribution in [0, 0.1) is 17.1 Å². The molecule has 0 aromatic carbocycles. The molecule has 0 bridgehead atoms. The maximum Gasteiger partial charge on any atom is 0.436 e. The van der Waals surface area contributed by atoms with Crippen molar-refractivity contribution in [2.75, 3.05) is 0 Å². The van der Waals surface area contributed by atoms with Crippen molar-refractivity contribution < 1.29 is 26.3 Å². The number of alkyl halides is 5. The topological polar surface area (TPSA) is 36.7 Å². The summed E-state index contributed by atoms with van der Waals surface area (Å²) in [6.45, 7) is 0. The lowest BCUT2D eigenvalue weighted by Crippen LogP contribution is -2.14. The van der Waals surface area contributed by atoms with Crippen LogP contribution in [0.25, 0.3) is 0 Å². The van der Waals surface area contributed by atoms with Crippen LogP contribution >= 0.6 is 0 Å². The molecule has 1 aromatic heterocycles. The third-order valence-electron chi connectivity index (χ3n) is 1.83. The van der Waals surface area contributed by atoms with E-state index in [4.69, 9.17) is 5.26 Å². The van der Waals surface area contributed by atoms with Crippen LogP contribution in [-0.4, -0.2) is 4.98 Å². The maximum absolute atomic E-state index is 13.0. The Morgan fingerprint density at radius 2 is 1.94 bits per heavy atom. The molecule has 1 heterocycles. The van der Waals surface area contributed by atoms with Crippen LogP contribution in [0.3, 0.4) is 0 Å². The van der Waals surface area contributed by atoms with E-state index in [9.17, 15) is 26.3 Å². The Balaban J connectivity index is 3.41. The van der Waals surface area contributed by atoms with Crippen LogP contribution in [0.15, 0.2) is 6.07 Å². The monoisotopic (exact) mass is 254 g/mol. The van der Waals surface area contributed by atoms with Gasteiger partial charge in [-0.15, -0.1) is 0 Å². The van der Waals surface area contributed by atoms with Crippen molar-refractivity contribution in [1.82, 2.24) is 4.98 Å². The van der Waals surface area contributed by atoms with Crippen LogP contribution in [-0.2, 0) is 12.6 Å². The van der Waals surface area contributed by atoms with Gasteiger partial charge >= 0.3 is 6.18 Å². The Morgan fingerprint density at radius 1 is 1.35 bits per heavy atom. The van der Waals surface area contributed by atoms with Gasteiger partial charge in [-0.1, -0.05) is 0 Å². The molecule has 0 aliphatic rings. The van der Waals surface area contributed by atoms with Gasteiger partial charge in [0.05, 0.1) is 12.5 Å². The van der Waals surface area contributed by atoms with E-state index in [0.29, 0.717) is 0 Å². The summed E-state index contributed by atoms with van der Waals surface area (Å²) < 4.78 is 74.3. The van der Waals surface area contributed by atoms with Crippen molar-refractivity contribution in [1.29, 1.82) is 5.26 Å². The zero-order valence-corrected chi connectivity index (χ0v) is 8.02. The lowest BCUT2D eigenvalue weighted by Gasteiger charge is -2.11. The fraction of sp³-hybridized carbons (Fsp3) is 0.333. The number of nitrogens with zero attached hydrogens (tertiary/aromatic N) is 2. The van der Waals surface area contributed by atoms with Crippen LogP contribution in [0.5, 0.6) is 0 Å². The standard InChI is InChI=1S/C9H4F6N2/c10-5-3-4(1-2-16)6(8(11)12)17-7(5)9(13,14)15/h3,8H,1H2. The molecule has 8 heteroatoms. The molecule has 92 valence electrons. The van der Waals surface area contributed by atoms with Gasteiger partial charge in [-0.05, 0) is 11.6 Å². The molecule has 17 heavy (non-hydrogen) atoms. The van der Waals surface area contributed by atoms with Gasteiger partial charge in [0, 0.05) is 0 Å². The van der Waals surface area contributed by atoms with Crippen molar-refractivity contribution in [2.45, 2.75) is 19.0 Å². The number of aromatic nitrogens is 1. The molecule has 0 aliphatic carbocycles. The minimum absolute atomic E-state index is 0.264. The summed E-state index contributed by atoms with van der Waals surface area (Å²) in [6, 6.07) is 1.71. The smallest absolute Gasteiger partial charge is 0.239 e. The SMILES string of the molecule is N#CCc1cc(F)c(C(F)(F)F)nc1C(F)F. The second-order valence-electron chi connectivity index (χ2n) is 3.00. The zero-order chi connectivity index (χ0) is 13.2. The third kappa shape index (κ3) is 2.87. The molecule has 1 aromatic rings. The van der Waals surface area contributed by atoms with Crippen LogP contribution in [0.2, 0.25) is 0 Å². The van der Waals surface area contributed by atoms with E-state index in [1.807, 2.05) is 0 Å². The van der Waals surface area contributed by atoms with Gasteiger partial charge in [-0.2, -0.15) is 18.4 Å². The lowest BCUT2D eigenvalue weighted by atomic mass is 10.1. The Bertz CT molecular complexity index is 460. The summed E-state index contributed by atoms with van der Waals surface area (Å²) in [5.41, 5.74) is -3.78. The van der Waals surface area contributed by atoms with E-state index in [2.05, 4.69) is 4.98 Å². The molecular weight excluding hydrogens is 250 g/mol. The first kappa shape index (κ1) is 13.3. The predicted octanol–water partition coefficient (Wildman–Crippen LogP) is 3.24. The molecule has 0 radical (unpaired) electrons. The second-order valence-corrected chi connectivity index (χ2v) is 3.00. The minimum Gasteiger partial charge on any atom is -0.239 e. The summed E-state index contributed by atoms with van der Waals surface area (Å²) in [7, 11) is 0. The van der Waals surface area contributed by atoms with E-state index < -0.39 is 41.8 Å². The molecule has 2 nitrogen and oxygen atoms in total. The average Bonchev–Trinajstić information content (AvgIpc) is 2.15. The lowest BCUT2D eigenvalue weighted by molar-refractivity contribution is -0.144. The molecular formula is C9H4F6N2. The Morgan fingerprint density at radius 3 is 2.35 bits per heavy atom. The molecule has 0 amide bonds. The predicted molar refractivity (Wildman–Crippen MR) is 43.5 cm³/mol. The molecule has 0 saturated carbocycles. The fourth-order valence-electron chi connectivity index (χ4n) is 1.16. The number of rotatable bonds is 2.